The van der Waals surface area contributed by atoms with Crippen LogP contribution in [-0.2, 0) is 9.59 Å². The molecule has 0 aromatic heterocycles. The number of carbonyl (C=O) groups is 2. The fraction of sp³-hybridized carbons (Fsp3) is 0.744. The third-order valence-electron chi connectivity index (χ3n) is 8.21. The molecule has 3 N–H and O–H groups in total. The molecule has 0 aromatic carbocycles. The zero-order chi connectivity index (χ0) is 32.6. The maximum atomic E-state index is 12.8. The molecule has 0 aliphatic rings. The van der Waals surface area contributed by atoms with E-state index in [4.69, 9.17) is 0 Å². The quantitative estimate of drug-likeness (QED) is 0.0397. The molecule has 0 fully saturated rings. The summed E-state index contributed by atoms with van der Waals surface area (Å²) in [6, 6.07) is 0. The summed E-state index contributed by atoms with van der Waals surface area (Å²) in [4.78, 5) is 25.7. The molecule has 44 heavy (non-hydrogen) atoms. The molecule has 0 aliphatic carbocycles. The van der Waals surface area contributed by atoms with Crippen LogP contribution in [0.25, 0.3) is 0 Å². The fourth-order valence-electron chi connectivity index (χ4n) is 5.23. The Kier molecular flexibility index (Phi) is 29.9. The van der Waals surface area contributed by atoms with Gasteiger partial charge in [-0.1, -0.05) is 127 Å². The molecule has 0 aliphatic heterocycles. The third-order valence-corrected chi connectivity index (χ3v) is 8.21. The Morgan fingerprint density at radius 2 is 0.841 bits per heavy atom. The van der Waals surface area contributed by atoms with Gasteiger partial charge in [-0.05, 0) is 77.0 Å². The first kappa shape index (κ1) is 42.2. The van der Waals surface area contributed by atoms with Gasteiger partial charge in [-0.15, -0.1) is 0 Å². The summed E-state index contributed by atoms with van der Waals surface area (Å²) in [5, 5.41) is 30.6. The highest BCUT2D eigenvalue weighted by molar-refractivity contribution is 6.10. The summed E-state index contributed by atoms with van der Waals surface area (Å²) in [5.41, 5.74) is -2.50. The topological polar surface area (TPSA) is 94.8 Å². The predicted molar refractivity (Wildman–Crippen MR) is 187 cm³/mol. The van der Waals surface area contributed by atoms with E-state index >= 15 is 0 Å². The first-order valence-electron chi connectivity index (χ1n) is 18.1. The lowest BCUT2D eigenvalue weighted by Crippen LogP contribution is -2.57. The molecule has 1 atom stereocenters. The summed E-state index contributed by atoms with van der Waals surface area (Å²) in [7, 11) is 0. The van der Waals surface area contributed by atoms with Crippen LogP contribution in [0, 0.1) is 0 Å². The van der Waals surface area contributed by atoms with Crippen LogP contribution in [-0.4, -0.2) is 45.2 Å². The molecule has 5 heteroatoms. The molecule has 5 nitrogen and oxygen atoms in total. The average molecular weight is 617 g/mol. The molecular formula is C39H68O5. The van der Waals surface area contributed by atoms with Crippen molar-refractivity contribution in [3.8, 4) is 0 Å². The molecular weight excluding hydrogens is 548 g/mol. The first-order valence-corrected chi connectivity index (χ1v) is 18.1. The van der Waals surface area contributed by atoms with Crippen molar-refractivity contribution in [1.82, 2.24) is 0 Å². The van der Waals surface area contributed by atoms with E-state index in [1.165, 1.54) is 51.4 Å². The zero-order valence-corrected chi connectivity index (χ0v) is 28.5. The number of hydrogen-bond acceptors (Lipinski definition) is 5. The number of carbonyl (C=O) groups excluding carboxylic acids is 2. The van der Waals surface area contributed by atoms with Crippen molar-refractivity contribution in [3.63, 3.8) is 0 Å². The smallest absolute Gasteiger partial charge is 0.209 e. The van der Waals surface area contributed by atoms with Crippen molar-refractivity contribution in [2.24, 2.45) is 0 Å². The van der Waals surface area contributed by atoms with Crippen LogP contribution >= 0.6 is 0 Å². The highest BCUT2D eigenvalue weighted by Gasteiger charge is 2.48. The summed E-state index contributed by atoms with van der Waals surface area (Å²) in [5.74, 6) is -1.34. The minimum atomic E-state index is -2.50. The Morgan fingerprint density at radius 1 is 0.523 bits per heavy atom. The van der Waals surface area contributed by atoms with Gasteiger partial charge in [-0.2, -0.15) is 0 Å². The monoisotopic (exact) mass is 617 g/mol. The van der Waals surface area contributed by atoms with Crippen molar-refractivity contribution in [3.05, 3.63) is 48.6 Å². The van der Waals surface area contributed by atoms with Crippen LogP contribution in [0.5, 0.6) is 0 Å². The Balaban J connectivity index is 4.09. The molecule has 0 amide bonds. The first-order chi connectivity index (χ1) is 21.4. The molecule has 1 unspecified atom stereocenters. The van der Waals surface area contributed by atoms with Crippen LogP contribution in [0.2, 0.25) is 0 Å². The maximum Gasteiger partial charge on any atom is 0.209 e. The number of ketones is 2. The van der Waals surface area contributed by atoms with Crippen LogP contribution in [0.1, 0.15) is 168 Å². The van der Waals surface area contributed by atoms with Crippen molar-refractivity contribution in [2.45, 2.75) is 180 Å². The SMILES string of the molecule is CCCCCC=CCC=CCCCCCCCC(=O)C(O)(C(=O)CCCCCCCC=CCC=CCCCCC)C(O)CO. The average Bonchev–Trinajstić information content (AvgIpc) is 3.03. The van der Waals surface area contributed by atoms with E-state index in [0.29, 0.717) is 12.8 Å². The number of hydrogen-bond donors (Lipinski definition) is 3. The predicted octanol–water partition coefficient (Wildman–Crippen LogP) is 9.84. The maximum absolute atomic E-state index is 12.8. The van der Waals surface area contributed by atoms with Gasteiger partial charge >= 0.3 is 0 Å². The molecule has 0 heterocycles. The van der Waals surface area contributed by atoms with Gasteiger partial charge in [0.25, 0.3) is 0 Å². The molecule has 0 saturated carbocycles. The normalized spacial score (nSPS) is 14.4. The Labute approximate surface area is 271 Å². The van der Waals surface area contributed by atoms with E-state index < -0.39 is 29.9 Å². The van der Waals surface area contributed by atoms with E-state index in [1.54, 1.807) is 0 Å². The van der Waals surface area contributed by atoms with Crippen molar-refractivity contribution in [1.29, 1.82) is 0 Å². The number of unbranched alkanes of at least 4 members (excludes halogenated alkanes) is 16. The number of rotatable bonds is 32. The Morgan fingerprint density at radius 3 is 1.18 bits per heavy atom. The van der Waals surface area contributed by atoms with E-state index in [9.17, 15) is 24.9 Å². The number of allylic oxidation sites excluding steroid dienone is 8. The van der Waals surface area contributed by atoms with Gasteiger partial charge in [-0.25, -0.2) is 0 Å². The molecule has 254 valence electrons. The van der Waals surface area contributed by atoms with Gasteiger partial charge in [0.05, 0.1) is 6.61 Å². The molecule has 0 aromatic rings. The van der Waals surface area contributed by atoms with Crippen molar-refractivity contribution in [2.75, 3.05) is 6.61 Å². The lowest BCUT2D eigenvalue weighted by atomic mass is 9.82. The van der Waals surface area contributed by atoms with Gasteiger partial charge in [0, 0.05) is 12.8 Å². The molecule has 0 radical (unpaired) electrons. The Bertz CT molecular complexity index is 736. The minimum absolute atomic E-state index is 0.0337. The standard InChI is InChI=1S/C39H68O5/c1-3-5-7-9-11-13-15-17-19-21-23-25-27-29-31-33-36(41)39(44,38(43)35-40)37(42)34-32-30-28-26-24-22-20-18-16-14-12-10-8-6-4-2/h11-14,17-20,38,40,43-44H,3-10,15-16,21-35H2,1-2H3. The zero-order valence-electron chi connectivity index (χ0n) is 28.5. The highest BCUT2D eigenvalue weighted by atomic mass is 16.4. The molecule has 0 rings (SSSR count). The number of Topliss-reactive ketones (excluding diaryl/α,β-unsaturated/α-hetero) is 2. The van der Waals surface area contributed by atoms with Crippen LogP contribution in [0.3, 0.4) is 0 Å². The molecule has 0 bridgehead atoms. The van der Waals surface area contributed by atoms with E-state index in [0.717, 1.165) is 77.0 Å². The second-order valence-electron chi connectivity index (χ2n) is 12.3. The van der Waals surface area contributed by atoms with Crippen molar-refractivity contribution >= 4 is 11.6 Å². The van der Waals surface area contributed by atoms with Gasteiger partial charge in [0.15, 0.2) is 11.6 Å². The van der Waals surface area contributed by atoms with Gasteiger partial charge < -0.3 is 15.3 Å². The number of aliphatic hydroxyl groups is 3. The van der Waals surface area contributed by atoms with Crippen molar-refractivity contribution < 1.29 is 24.9 Å². The molecule has 0 spiro atoms. The second kappa shape index (κ2) is 31.2. The summed E-state index contributed by atoms with van der Waals surface area (Å²) >= 11 is 0. The fourth-order valence-corrected chi connectivity index (χ4v) is 5.23. The van der Waals surface area contributed by atoms with E-state index in [2.05, 4.69) is 62.5 Å². The van der Waals surface area contributed by atoms with E-state index in [-0.39, 0.29) is 12.8 Å². The Hall–Kier alpha value is -1.82. The third kappa shape index (κ3) is 22.7. The highest BCUT2D eigenvalue weighted by Crippen LogP contribution is 2.22. The lowest BCUT2D eigenvalue weighted by Gasteiger charge is -2.29. The second-order valence-corrected chi connectivity index (χ2v) is 12.3. The number of aliphatic hydroxyl groups excluding tert-OH is 2. The largest absolute Gasteiger partial charge is 0.394 e. The lowest BCUT2D eigenvalue weighted by molar-refractivity contribution is -0.166. The minimum Gasteiger partial charge on any atom is -0.394 e. The van der Waals surface area contributed by atoms with Gasteiger partial charge in [0.1, 0.15) is 6.10 Å². The van der Waals surface area contributed by atoms with Crippen LogP contribution < -0.4 is 0 Å². The van der Waals surface area contributed by atoms with Gasteiger partial charge in [-0.3, -0.25) is 9.59 Å². The van der Waals surface area contributed by atoms with Crippen LogP contribution in [0.15, 0.2) is 48.6 Å². The van der Waals surface area contributed by atoms with E-state index in [1.807, 2.05) is 0 Å². The van der Waals surface area contributed by atoms with Gasteiger partial charge in [0.2, 0.25) is 5.60 Å². The van der Waals surface area contributed by atoms with Crippen LogP contribution in [0.4, 0.5) is 0 Å². The summed E-state index contributed by atoms with van der Waals surface area (Å²) in [6.07, 6.45) is 39.4. The molecule has 0 saturated heterocycles. The summed E-state index contributed by atoms with van der Waals surface area (Å²) < 4.78 is 0. The summed E-state index contributed by atoms with van der Waals surface area (Å²) in [6.45, 7) is 3.62.